The van der Waals surface area contributed by atoms with Gasteiger partial charge >= 0.3 is 0 Å². The fraction of sp³-hybridized carbons (Fsp3) is 0.600. The second-order valence-electron chi connectivity index (χ2n) is 3.90. The maximum absolute atomic E-state index is 11.3. The van der Waals surface area contributed by atoms with Gasteiger partial charge in [-0.25, -0.2) is 4.98 Å². The molecule has 3 N–H and O–H groups in total. The molecule has 0 aromatic carbocycles. The van der Waals surface area contributed by atoms with Gasteiger partial charge in [-0.2, -0.15) is 0 Å². The van der Waals surface area contributed by atoms with Gasteiger partial charge in [-0.1, -0.05) is 0 Å². The van der Waals surface area contributed by atoms with Crippen LogP contribution in [0.2, 0.25) is 0 Å². The standard InChI is InChI=1S/C10H15IN4O/c11-8-9(14-6-15-10(8)16)13-5-1-4-12-7-2-3-7/h6-7,12H,1-5H2,(H2,13,14,15,16). The minimum Gasteiger partial charge on any atom is -0.369 e. The molecule has 0 saturated heterocycles. The average Bonchev–Trinajstić information content (AvgIpc) is 3.07. The summed E-state index contributed by atoms with van der Waals surface area (Å²) in [5.74, 6) is 0.677. The molecule has 1 aliphatic rings. The van der Waals surface area contributed by atoms with Crippen LogP contribution in [0.4, 0.5) is 5.82 Å². The van der Waals surface area contributed by atoms with Gasteiger partial charge in [0.05, 0.1) is 6.33 Å². The normalized spacial score (nSPS) is 15.1. The Balaban J connectivity index is 1.71. The lowest BCUT2D eigenvalue weighted by Crippen LogP contribution is -2.21. The monoisotopic (exact) mass is 334 g/mol. The Morgan fingerprint density at radius 2 is 2.31 bits per heavy atom. The molecule has 0 bridgehead atoms. The number of anilines is 1. The second kappa shape index (κ2) is 5.62. The summed E-state index contributed by atoms with van der Waals surface area (Å²) in [6, 6.07) is 0.762. The SMILES string of the molecule is O=c1[nH]cnc(NCCCNC2CC2)c1I. The maximum atomic E-state index is 11.3. The van der Waals surface area contributed by atoms with Gasteiger partial charge in [0.1, 0.15) is 9.39 Å². The molecular weight excluding hydrogens is 319 g/mol. The number of nitrogens with one attached hydrogen (secondary N) is 3. The van der Waals surface area contributed by atoms with E-state index in [1.54, 1.807) is 0 Å². The minimum atomic E-state index is -0.0887. The van der Waals surface area contributed by atoms with Crippen molar-refractivity contribution in [1.29, 1.82) is 0 Å². The van der Waals surface area contributed by atoms with Crippen LogP contribution in [-0.4, -0.2) is 29.1 Å². The molecule has 6 heteroatoms. The highest BCUT2D eigenvalue weighted by Gasteiger charge is 2.19. The van der Waals surface area contributed by atoms with Gasteiger partial charge < -0.3 is 15.6 Å². The van der Waals surface area contributed by atoms with Crippen LogP contribution in [0.3, 0.4) is 0 Å². The van der Waals surface area contributed by atoms with E-state index in [-0.39, 0.29) is 5.56 Å². The molecule has 88 valence electrons. The van der Waals surface area contributed by atoms with Crippen molar-refractivity contribution in [2.45, 2.75) is 25.3 Å². The Bertz CT molecular complexity index is 402. The fourth-order valence-corrected chi connectivity index (χ4v) is 1.88. The average molecular weight is 334 g/mol. The number of rotatable bonds is 6. The highest BCUT2D eigenvalue weighted by Crippen LogP contribution is 2.18. The summed E-state index contributed by atoms with van der Waals surface area (Å²) in [7, 11) is 0. The van der Waals surface area contributed by atoms with E-state index in [1.807, 2.05) is 22.6 Å². The molecule has 0 spiro atoms. The van der Waals surface area contributed by atoms with Crippen molar-refractivity contribution in [1.82, 2.24) is 15.3 Å². The van der Waals surface area contributed by atoms with Crippen molar-refractivity contribution < 1.29 is 0 Å². The minimum absolute atomic E-state index is 0.0887. The zero-order valence-corrected chi connectivity index (χ0v) is 11.1. The third-order valence-corrected chi connectivity index (χ3v) is 3.45. The Morgan fingerprint density at radius 1 is 1.50 bits per heavy atom. The summed E-state index contributed by atoms with van der Waals surface area (Å²) in [5.41, 5.74) is -0.0887. The number of halogens is 1. The van der Waals surface area contributed by atoms with Gasteiger partial charge in [-0.3, -0.25) is 4.79 Å². The van der Waals surface area contributed by atoms with Gasteiger partial charge in [-0.15, -0.1) is 0 Å². The van der Waals surface area contributed by atoms with Gasteiger partial charge in [0.25, 0.3) is 5.56 Å². The predicted molar refractivity (Wildman–Crippen MR) is 71.7 cm³/mol. The van der Waals surface area contributed by atoms with Crippen LogP contribution in [0, 0.1) is 3.57 Å². The number of hydrogen-bond acceptors (Lipinski definition) is 4. The summed E-state index contributed by atoms with van der Waals surface area (Å²) in [5, 5.41) is 6.61. The summed E-state index contributed by atoms with van der Waals surface area (Å²) < 4.78 is 0.621. The second-order valence-corrected chi connectivity index (χ2v) is 4.98. The molecule has 0 aliphatic heterocycles. The first kappa shape index (κ1) is 11.8. The van der Waals surface area contributed by atoms with Crippen molar-refractivity contribution >= 4 is 28.4 Å². The Morgan fingerprint density at radius 3 is 3.06 bits per heavy atom. The molecule has 1 fully saturated rings. The lowest BCUT2D eigenvalue weighted by molar-refractivity contribution is 0.658. The first-order valence-electron chi connectivity index (χ1n) is 5.48. The van der Waals surface area contributed by atoms with Gasteiger partial charge in [0.15, 0.2) is 0 Å². The molecule has 0 atom stereocenters. The van der Waals surface area contributed by atoms with Crippen LogP contribution in [0.1, 0.15) is 19.3 Å². The van der Waals surface area contributed by atoms with Crippen molar-refractivity contribution in [3.8, 4) is 0 Å². The fourth-order valence-electron chi connectivity index (χ4n) is 1.40. The smallest absolute Gasteiger partial charge is 0.266 e. The molecule has 5 nitrogen and oxygen atoms in total. The Kier molecular flexibility index (Phi) is 4.16. The van der Waals surface area contributed by atoms with Crippen LogP contribution in [0.5, 0.6) is 0 Å². The number of nitrogens with zero attached hydrogens (tertiary/aromatic N) is 1. The zero-order valence-electron chi connectivity index (χ0n) is 8.92. The molecule has 0 amide bonds. The highest BCUT2D eigenvalue weighted by atomic mass is 127. The molecule has 1 aromatic rings. The molecule has 1 heterocycles. The summed E-state index contributed by atoms with van der Waals surface area (Å²) in [6.07, 6.45) is 5.11. The van der Waals surface area contributed by atoms with E-state index in [1.165, 1.54) is 19.2 Å². The van der Waals surface area contributed by atoms with E-state index < -0.39 is 0 Å². The van der Waals surface area contributed by atoms with Crippen molar-refractivity contribution in [2.75, 3.05) is 18.4 Å². The van der Waals surface area contributed by atoms with Gasteiger partial charge in [0.2, 0.25) is 0 Å². The molecule has 1 aromatic heterocycles. The van der Waals surface area contributed by atoms with Crippen molar-refractivity contribution in [3.05, 3.63) is 20.3 Å². The number of hydrogen-bond donors (Lipinski definition) is 3. The van der Waals surface area contributed by atoms with Crippen LogP contribution in [0.25, 0.3) is 0 Å². The van der Waals surface area contributed by atoms with Crippen molar-refractivity contribution in [3.63, 3.8) is 0 Å². The molecule has 0 radical (unpaired) electrons. The first-order valence-corrected chi connectivity index (χ1v) is 6.55. The molecule has 2 rings (SSSR count). The van der Waals surface area contributed by atoms with Gasteiger partial charge in [-0.05, 0) is 48.4 Å². The summed E-state index contributed by atoms with van der Waals surface area (Å²) in [4.78, 5) is 17.9. The number of H-pyrrole nitrogens is 1. The van der Waals surface area contributed by atoms with E-state index in [4.69, 9.17) is 0 Å². The number of aromatic nitrogens is 2. The van der Waals surface area contributed by atoms with E-state index in [2.05, 4.69) is 20.6 Å². The van der Waals surface area contributed by atoms with Crippen LogP contribution in [-0.2, 0) is 0 Å². The highest BCUT2D eigenvalue weighted by molar-refractivity contribution is 14.1. The quantitative estimate of drug-likeness (QED) is 0.535. The predicted octanol–water partition coefficient (Wildman–Crippen LogP) is 0.928. The zero-order chi connectivity index (χ0) is 11.4. The molecule has 1 aliphatic carbocycles. The lowest BCUT2D eigenvalue weighted by atomic mass is 10.4. The number of aromatic amines is 1. The van der Waals surface area contributed by atoms with E-state index in [0.29, 0.717) is 9.39 Å². The van der Waals surface area contributed by atoms with Crippen LogP contribution < -0.4 is 16.2 Å². The molecule has 16 heavy (non-hydrogen) atoms. The van der Waals surface area contributed by atoms with Crippen molar-refractivity contribution in [2.24, 2.45) is 0 Å². The lowest BCUT2D eigenvalue weighted by Gasteiger charge is -2.06. The Labute approximate surface area is 108 Å². The van der Waals surface area contributed by atoms with Crippen LogP contribution in [0.15, 0.2) is 11.1 Å². The van der Waals surface area contributed by atoms with E-state index >= 15 is 0 Å². The largest absolute Gasteiger partial charge is 0.369 e. The Hall–Kier alpha value is -0.630. The van der Waals surface area contributed by atoms with E-state index in [0.717, 1.165) is 25.6 Å². The maximum Gasteiger partial charge on any atom is 0.266 e. The summed E-state index contributed by atoms with van der Waals surface area (Å²) in [6.45, 7) is 1.86. The molecular formula is C10H15IN4O. The third kappa shape index (κ3) is 3.44. The molecule has 0 unspecified atom stereocenters. The topological polar surface area (TPSA) is 69.8 Å². The summed E-state index contributed by atoms with van der Waals surface area (Å²) >= 11 is 2.00. The van der Waals surface area contributed by atoms with Gasteiger partial charge in [0, 0.05) is 12.6 Å². The first-order chi connectivity index (χ1) is 7.77. The molecule has 1 saturated carbocycles. The van der Waals surface area contributed by atoms with Crippen LogP contribution >= 0.6 is 22.6 Å². The third-order valence-electron chi connectivity index (χ3n) is 2.45. The van der Waals surface area contributed by atoms with E-state index in [9.17, 15) is 4.79 Å².